The molecule has 0 spiro atoms. The van der Waals surface area contributed by atoms with Crippen LogP contribution in [-0.2, 0) is 15.8 Å². The van der Waals surface area contributed by atoms with Crippen molar-refractivity contribution in [1.82, 2.24) is 9.88 Å². The van der Waals surface area contributed by atoms with Gasteiger partial charge in [0.15, 0.2) is 5.76 Å². The molecule has 0 radical (unpaired) electrons. The molecular formula is C13H9FN2O5S. The van der Waals surface area contributed by atoms with Gasteiger partial charge in [0.2, 0.25) is 10.0 Å². The van der Waals surface area contributed by atoms with Gasteiger partial charge >= 0.3 is 0 Å². The number of hydrogen-bond donors (Lipinski definition) is 1. The number of carbonyl (C=O) groups is 1. The first kappa shape index (κ1) is 14.3. The number of nitrogens with zero attached hydrogens (tertiary/aromatic N) is 1. The number of furan rings is 1. The highest BCUT2D eigenvalue weighted by Crippen LogP contribution is 2.20. The van der Waals surface area contributed by atoms with Gasteiger partial charge in [0.1, 0.15) is 29.1 Å². The number of nitrogens with one attached hydrogen (secondary N) is 1. The normalized spacial score (nSPS) is 11.7. The maximum absolute atomic E-state index is 13.1. The minimum absolute atomic E-state index is 0.159. The highest BCUT2D eigenvalue weighted by molar-refractivity contribution is 7.89. The number of fused-ring (bicyclic) bond motifs is 1. The maximum atomic E-state index is 13.1. The fourth-order valence-electron chi connectivity index (χ4n) is 1.86. The fourth-order valence-corrected chi connectivity index (χ4v) is 2.85. The van der Waals surface area contributed by atoms with Crippen molar-refractivity contribution < 1.29 is 26.5 Å². The quantitative estimate of drug-likeness (QED) is 0.785. The Morgan fingerprint density at radius 3 is 2.82 bits per heavy atom. The second-order valence-electron chi connectivity index (χ2n) is 4.47. The van der Waals surface area contributed by atoms with Crippen LogP contribution in [-0.4, -0.2) is 19.5 Å². The monoisotopic (exact) mass is 324 g/mol. The third-order valence-corrected chi connectivity index (χ3v) is 3.95. The predicted molar refractivity (Wildman–Crippen MR) is 72.8 cm³/mol. The SMILES string of the molecule is O=C(NS(=O)(=O)Cc1ccon1)c1cc2cc(F)ccc2o1. The van der Waals surface area contributed by atoms with Crippen LogP contribution in [0.5, 0.6) is 0 Å². The van der Waals surface area contributed by atoms with Crippen LogP contribution in [0.3, 0.4) is 0 Å². The van der Waals surface area contributed by atoms with Crippen molar-refractivity contribution in [1.29, 1.82) is 0 Å². The molecule has 0 aliphatic carbocycles. The maximum Gasteiger partial charge on any atom is 0.300 e. The summed E-state index contributed by atoms with van der Waals surface area (Å²) in [7, 11) is -3.95. The van der Waals surface area contributed by atoms with E-state index in [4.69, 9.17) is 4.42 Å². The molecule has 3 aromatic rings. The van der Waals surface area contributed by atoms with Crippen molar-refractivity contribution in [3.63, 3.8) is 0 Å². The summed E-state index contributed by atoms with van der Waals surface area (Å²) in [6, 6.07) is 6.34. The summed E-state index contributed by atoms with van der Waals surface area (Å²) in [4.78, 5) is 11.9. The van der Waals surface area contributed by atoms with E-state index >= 15 is 0 Å². The van der Waals surface area contributed by atoms with E-state index in [0.29, 0.717) is 5.39 Å². The summed E-state index contributed by atoms with van der Waals surface area (Å²) in [6.07, 6.45) is 1.22. The van der Waals surface area contributed by atoms with Gasteiger partial charge in [-0.2, -0.15) is 0 Å². The molecule has 7 nitrogen and oxygen atoms in total. The van der Waals surface area contributed by atoms with Crippen LogP contribution in [0.4, 0.5) is 4.39 Å². The molecule has 3 rings (SSSR count). The zero-order valence-corrected chi connectivity index (χ0v) is 11.8. The van der Waals surface area contributed by atoms with Gasteiger partial charge in [-0.25, -0.2) is 17.5 Å². The van der Waals surface area contributed by atoms with E-state index in [1.165, 1.54) is 36.6 Å². The number of aromatic nitrogens is 1. The zero-order chi connectivity index (χ0) is 15.7. The van der Waals surface area contributed by atoms with Crippen molar-refractivity contribution >= 4 is 26.9 Å². The fraction of sp³-hybridized carbons (Fsp3) is 0.0769. The summed E-state index contributed by atoms with van der Waals surface area (Å²) in [5, 5.41) is 3.82. The molecule has 0 saturated carbocycles. The molecule has 2 heterocycles. The zero-order valence-electron chi connectivity index (χ0n) is 10.9. The van der Waals surface area contributed by atoms with Crippen LogP contribution in [0.1, 0.15) is 16.2 Å². The predicted octanol–water partition coefficient (Wildman–Crippen LogP) is 1.82. The van der Waals surface area contributed by atoms with E-state index in [-0.39, 0.29) is 17.0 Å². The Labute approximate surface area is 123 Å². The van der Waals surface area contributed by atoms with E-state index in [1.807, 2.05) is 4.72 Å². The first-order chi connectivity index (χ1) is 10.4. The van der Waals surface area contributed by atoms with Crippen molar-refractivity contribution in [2.75, 3.05) is 0 Å². The van der Waals surface area contributed by atoms with Gasteiger partial charge in [-0.1, -0.05) is 5.16 Å². The Balaban J connectivity index is 1.80. The number of benzene rings is 1. The van der Waals surface area contributed by atoms with Crippen molar-refractivity contribution in [3.05, 3.63) is 53.9 Å². The summed E-state index contributed by atoms with van der Waals surface area (Å²) in [6.45, 7) is 0. The van der Waals surface area contributed by atoms with Gasteiger partial charge in [0.25, 0.3) is 5.91 Å². The highest BCUT2D eigenvalue weighted by Gasteiger charge is 2.21. The molecule has 9 heteroatoms. The summed E-state index contributed by atoms with van der Waals surface area (Å²) in [5.74, 6) is -2.17. The molecule has 0 bridgehead atoms. The molecule has 0 aliphatic heterocycles. The second kappa shape index (κ2) is 5.26. The Morgan fingerprint density at radius 2 is 2.09 bits per heavy atom. The van der Waals surface area contributed by atoms with Gasteiger partial charge in [0, 0.05) is 11.5 Å². The molecule has 0 fully saturated rings. The first-order valence-electron chi connectivity index (χ1n) is 6.06. The second-order valence-corrected chi connectivity index (χ2v) is 6.20. The Kier molecular flexibility index (Phi) is 3.41. The first-order valence-corrected chi connectivity index (χ1v) is 7.71. The number of amides is 1. The lowest BCUT2D eigenvalue weighted by Gasteiger charge is -2.02. The van der Waals surface area contributed by atoms with Gasteiger partial charge in [-0.3, -0.25) is 4.79 Å². The van der Waals surface area contributed by atoms with Gasteiger partial charge in [0.05, 0.1) is 0 Å². The Morgan fingerprint density at radius 1 is 1.27 bits per heavy atom. The minimum Gasteiger partial charge on any atom is -0.451 e. The average Bonchev–Trinajstić information content (AvgIpc) is 3.05. The van der Waals surface area contributed by atoms with Gasteiger partial charge < -0.3 is 8.94 Å². The molecule has 1 aromatic carbocycles. The van der Waals surface area contributed by atoms with Crippen LogP contribution in [0.25, 0.3) is 11.0 Å². The third kappa shape index (κ3) is 2.98. The lowest BCUT2D eigenvalue weighted by atomic mass is 10.2. The van der Waals surface area contributed by atoms with E-state index in [2.05, 4.69) is 9.68 Å². The molecule has 0 atom stereocenters. The molecule has 1 amide bonds. The summed E-state index contributed by atoms with van der Waals surface area (Å²) >= 11 is 0. The van der Waals surface area contributed by atoms with Crippen LogP contribution in [0, 0.1) is 5.82 Å². The lowest BCUT2D eigenvalue weighted by Crippen LogP contribution is -2.31. The molecule has 1 N–H and O–H groups in total. The highest BCUT2D eigenvalue weighted by atomic mass is 32.2. The van der Waals surface area contributed by atoms with E-state index in [9.17, 15) is 17.6 Å². The van der Waals surface area contributed by atoms with E-state index in [0.717, 1.165) is 0 Å². The largest absolute Gasteiger partial charge is 0.451 e. The minimum atomic E-state index is -3.95. The molecule has 114 valence electrons. The van der Waals surface area contributed by atoms with E-state index in [1.54, 1.807) is 0 Å². The number of sulfonamides is 1. The van der Waals surface area contributed by atoms with Crippen LogP contribution in [0.15, 0.2) is 45.5 Å². The molecule has 0 aliphatic rings. The average molecular weight is 324 g/mol. The summed E-state index contributed by atoms with van der Waals surface area (Å²) < 4.78 is 48.3. The van der Waals surface area contributed by atoms with E-state index < -0.39 is 27.5 Å². The third-order valence-electron chi connectivity index (χ3n) is 2.78. The number of rotatable bonds is 4. The lowest BCUT2D eigenvalue weighted by molar-refractivity contribution is 0.0956. The van der Waals surface area contributed by atoms with Crippen LogP contribution >= 0.6 is 0 Å². The molecule has 22 heavy (non-hydrogen) atoms. The van der Waals surface area contributed by atoms with Crippen LogP contribution < -0.4 is 4.72 Å². The topological polar surface area (TPSA) is 102 Å². The van der Waals surface area contributed by atoms with Crippen molar-refractivity contribution in [3.8, 4) is 0 Å². The van der Waals surface area contributed by atoms with Crippen molar-refractivity contribution in [2.45, 2.75) is 5.75 Å². The van der Waals surface area contributed by atoms with Gasteiger partial charge in [-0.15, -0.1) is 0 Å². The number of carbonyl (C=O) groups excluding carboxylic acids is 1. The Bertz CT molecular complexity index is 931. The number of hydrogen-bond acceptors (Lipinski definition) is 6. The molecular weight excluding hydrogens is 315 g/mol. The van der Waals surface area contributed by atoms with Gasteiger partial charge in [-0.05, 0) is 24.3 Å². The summed E-state index contributed by atoms with van der Waals surface area (Å²) in [5.41, 5.74) is 0.437. The Hall–Kier alpha value is -2.68. The molecule has 2 aromatic heterocycles. The standard InChI is InChI=1S/C13H9FN2O5S/c14-9-1-2-11-8(5-9)6-12(21-11)13(17)16-22(18,19)7-10-3-4-20-15-10/h1-6H,7H2,(H,16,17). The number of halogens is 1. The smallest absolute Gasteiger partial charge is 0.300 e. The molecule has 0 unspecified atom stereocenters. The van der Waals surface area contributed by atoms with Crippen molar-refractivity contribution in [2.24, 2.45) is 0 Å². The van der Waals surface area contributed by atoms with Crippen LogP contribution in [0.2, 0.25) is 0 Å². The molecule has 0 saturated heterocycles.